The number of hydrogen-bond donors (Lipinski definition) is 0. The summed E-state index contributed by atoms with van der Waals surface area (Å²) in [6.07, 6.45) is 1.12. The first-order chi connectivity index (χ1) is 3.85. The van der Waals surface area contributed by atoms with Crippen LogP contribution in [0.3, 0.4) is 0 Å². The van der Waals surface area contributed by atoms with Gasteiger partial charge in [0.1, 0.15) is 6.61 Å². The lowest BCUT2D eigenvalue weighted by molar-refractivity contribution is 0.0690. The van der Waals surface area contributed by atoms with Crippen molar-refractivity contribution in [3.8, 4) is 0 Å². The fraction of sp³-hybridized carbons (Fsp3) is 0.833. The zero-order valence-corrected chi connectivity index (χ0v) is 5.68. The molecule has 0 saturated heterocycles. The van der Waals surface area contributed by atoms with E-state index >= 15 is 0 Å². The van der Waals surface area contributed by atoms with Crippen molar-refractivity contribution in [3.63, 3.8) is 0 Å². The van der Waals surface area contributed by atoms with Crippen LogP contribution >= 0.6 is 0 Å². The van der Waals surface area contributed by atoms with Crippen molar-refractivity contribution in [2.24, 2.45) is 0 Å². The predicted octanol–water partition coefficient (Wildman–Crippen LogP) is 1.22. The van der Waals surface area contributed by atoms with Gasteiger partial charge in [0.25, 0.3) is 0 Å². The lowest BCUT2D eigenvalue weighted by atomic mass is 10.3. The predicted molar refractivity (Wildman–Crippen MR) is 32.4 cm³/mol. The number of rotatable bonds is 4. The Labute approximate surface area is 50.8 Å². The van der Waals surface area contributed by atoms with Crippen molar-refractivity contribution >= 4 is 0 Å². The van der Waals surface area contributed by atoms with E-state index in [0.717, 1.165) is 6.42 Å². The summed E-state index contributed by atoms with van der Waals surface area (Å²) < 4.78 is 9.70. The fourth-order valence-electron chi connectivity index (χ4n) is 0.470. The van der Waals surface area contributed by atoms with Crippen molar-refractivity contribution in [1.29, 1.82) is 0 Å². The smallest absolute Gasteiger partial charge is 0.112 e. The second-order valence-electron chi connectivity index (χ2n) is 1.55. The summed E-state index contributed by atoms with van der Waals surface area (Å²) in [4.78, 5) is 0. The lowest BCUT2D eigenvalue weighted by Crippen LogP contribution is -2.09. The van der Waals surface area contributed by atoms with Gasteiger partial charge in [0.05, 0.1) is 6.10 Å². The average molecular weight is 117 g/mol. The molecule has 0 bridgehead atoms. The van der Waals surface area contributed by atoms with Gasteiger partial charge in [-0.05, 0) is 6.42 Å². The van der Waals surface area contributed by atoms with Crippen LogP contribution in [-0.4, -0.2) is 20.3 Å². The quantitative estimate of drug-likeness (QED) is 0.551. The Balaban J connectivity index is 3.07. The highest BCUT2D eigenvalue weighted by Gasteiger charge is 2.01. The first kappa shape index (κ1) is 7.92. The fourth-order valence-corrected chi connectivity index (χ4v) is 0.470. The molecule has 0 saturated carbocycles. The van der Waals surface area contributed by atoms with E-state index < -0.39 is 0 Å². The van der Waals surface area contributed by atoms with Crippen LogP contribution in [0.2, 0.25) is 0 Å². The van der Waals surface area contributed by atoms with Crippen molar-refractivity contribution < 1.29 is 9.47 Å². The van der Waals surface area contributed by atoms with E-state index in [0.29, 0.717) is 0 Å². The second-order valence-corrected chi connectivity index (χ2v) is 1.55. The molecule has 49 valence electrons. The van der Waals surface area contributed by atoms with Crippen molar-refractivity contribution in [2.75, 3.05) is 14.2 Å². The van der Waals surface area contributed by atoms with Crippen LogP contribution in [0, 0.1) is 6.61 Å². The molecule has 1 radical (unpaired) electrons. The highest BCUT2D eigenvalue weighted by Crippen LogP contribution is 1.99. The molecule has 0 aliphatic rings. The van der Waals surface area contributed by atoms with E-state index in [1.54, 1.807) is 20.8 Å². The Morgan fingerprint density at radius 2 is 2.12 bits per heavy atom. The Hall–Kier alpha value is -0.0800. The largest absolute Gasteiger partial charge is 0.379 e. The molecule has 2 heteroatoms. The summed E-state index contributed by atoms with van der Waals surface area (Å²) in [7, 11) is 3.30. The SMILES string of the molecule is CCC([CH]OC)OC. The maximum absolute atomic E-state index is 4.96. The third-order valence-electron chi connectivity index (χ3n) is 0.993. The minimum atomic E-state index is 0.153. The molecule has 1 atom stereocenters. The summed E-state index contributed by atoms with van der Waals surface area (Å²) in [5, 5.41) is 0. The average Bonchev–Trinajstić information content (AvgIpc) is 1.83. The topological polar surface area (TPSA) is 18.5 Å². The molecule has 0 aliphatic carbocycles. The Morgan fingerprint density at radius 3 is 2.25 bits per heavy atom. The van der Waals surface area contributed by atoms with Gasteiger partial charge in [0.2, 0.25) is 0 Å². The van der Waals surface area contributed by atoms with Crippen LogP contribution in [0.25, 0.3) is 0 Å². The number of hydrogen-bond acceptors (Lipinski definition) is 2. The van der Waals surface area contributed by atoms with E-state index in [2.05, 4.69) is 0 Å². The molecule has 8 heavy (non-hydrogen) atoms. The third kappa shape index (κ3) is 2.99. The molecular formula is C6H13O2. The van der Waals surface area contributed by atoms with E-state index in [1.807, 2.05) is 6.92 Å². The lowest BCUT2D eigenvalue weighted by Gasteiger charge is -2.08. The van der Waals surface area contributed by atoms with Crippen molar-refractivity contribution in [3.05, 3.63) is 6.61 Å². The van der Waals surface area contributed by atoms with E-state index in [-0.39, 0.29) is 6.10 Å². The van der Waals surface area contributed by atoms with E-state index in [1.165, 1.54) is 0 Å². The highest BCUT2D eigenvalue weighted by molar-refractivity contribution is 4.63. The molecule has 1 unspecified atom stereocenters. The first-order valence-electron chi connectivity index (χ1n) is 2.74. The zero-order valence-electron chi connectivity index (χ0n) is 5.68. The second kappa shape index (κ2) is 5.06. The third-order valence-corrected chi connectivity index (χ3v) is 0.993. The molecule has 0 spiro atoms. The van der Waals surface area contributed by atoms with Crippen LogP contribution < -0.4 is 0 Å². The number of methoxy groups -OCH3 is 2. The Kier molecular flexibility index (Phi) is 5.01. The molecule has 2 nitrogen and oxygen atoms in total. The van der Waals surface area contributed by atoms with Crippen LogP contribution in [0.15, 0.2) is 0 Å². The molecule has 0 rings (SSSR count). The first-order valence-corrected chi connectivity index (χ1v) is 2.74. The Bertz CT molecular complexity index is 41.8. The monoisotopic (exact) mass is 117 g/mol. The van der Waals surface area contributed by atoms with Crippen LogP contribution in [-0.2, 0) is 9.47 Å². The van der Waals surface area contributed by atoms with Crippen LogP contribution in [0.5, 0.6) is 0 Å². The van der Waals surface area contributed by atoms with E-state index in [9.17, 15) is 0 Å². The summed E-state index contributed by atoms with van der Waals surface area (Å²) >= 11 is 0. The minimum absolute atomic E-state index is 0.153. The van der Waals surface area contributed by atoms with Crippen LogP contribution in [0.1, 0.15) is 13.3 Å². The summed E-state index contributed by atoms with van der Waals surface area (Å²) in [5.74, 6) is 0. The molecular weight excluding hydrogens is 104 g/mol. The standard InChI is InChI=1S/C6H13O2/c1-4-6(8-3)5-7-2/h5-6H,4H2,1-3H3. The summed E-state index contributed by atoms with van der Waals surface area (Å²) in [6.45, 7) is 3.73. The molecule has 0 aromatic heterocycles. The molecule has 0 N–H and O–H groups in total. The minimum Gasteiger partial charge on any atom is -0.379 e. The van der Waals surface area contributed by atoms with Gasteiger partial charge in [0.15, 0.2) is 0 Å². The van der Waals surface area contributed by atoms with Gasteiger partial charge in [-0.15, -0.1) is 0 Å². The van der Waals surface area contributed by atoms with Crippen molar-refractivity contribution in [2.45, 2.75) is 19.4 Å². The van der Waals surface area contributed by atoms with Gasteiger partial charge in [-0.1, -0.05) is 6.92 Å². The molecule has 0 aromatic rings. The maximum atomic E-state index is 4.96. The van der Waals surface area contributed by atoms with Gasteiger partial charge < -0.3 is 9.47 Å². The van der Waals surface area contributed by atoms with Gasteiger partial charge >= 0.3 is 0 Å². The highest BCUT2D eigenvalue weighted by atomic mass is 16.5. The molecule has 0 aromatic carbocycles. The van der Waals surface area contributed by atoms with Gasteiger partial charge in [-0.3, -0.25) is 0 Å². The number of ether oxygens (including phenoxy) is 2. The molecule has 0 amide bonds. The van der Waals surface area contributed by atoms with Gasteiger partial charge in [0, 0.05) is 14.2 Å². The molecule has 0 fully saturated rings. The van der Waals surface area contributed by atoms with Gasteiger partial charge in [-0.25, -0.2) is 0 Å². The normalized spacial score (nSPS) is 13.9. The zero-order chi connectivity index (χ0) is 6.41. The van der Waals surface area contributed by atoms with Crippen molar-refractivity contribution in [1.82, 2.24) is 0 Å². The summed E-state index contributed by atoms with van der Waals surface area (Å²) in [5.41, 5.74) is 0. The van der Waals surface area contributed by atoms with E-state index in [4.69, 9.17) is 9.47 Å². The summed E-state index contributed by atoms with van der Waals surface area (Å²) in [6, 6.07) is 0. The molecule has 0 aliphatic heterocycles. The molecule has 0 heterocycles. The Morgan fingerprint density at radius 1 is 1.50 bits per heavy atom. The van der Waals surface area contributed by atoms with Crippen LogP contribution in [0.4, 0.5) is 0 Å². The van der Waals surface area contributed by atoms with Gasteiger partial charge in [-0.2, -0.15) is 0 Å². The maximum Gasteiger partial charge on any atom is 0.112 e.